The summed E-state index contributed by atoms with van der Waals surface area (Å²) in [6, 6.07) is 17.6. The lowest BCUT2D eigenvalue weighted by atomic mass is 10.1. The Labute approximate surface area is 147 Å². The van der Waals surface area contributed by atoms with Crippen molar-refractivity contribution >= 4 is 55.5 Å². The molecule has 0 saturated heterocycles. The predicted octanol–water partition coefficient (Wildman–Crippen LogP) is 5.66. The van der Waals surface area contributed by atoms with Crippen LogP contribution in [0.2, 0.25) is 5.02 Å². The number of rotatable bonds is 2. The molecule has 1 amide bonds. The van der Waals surface area contributed by atoms with Crippen LogP contribution in [-0.4, -0.2) is 10.9 Å². The van der Waals surface area contributed by atoms with Crippen molar-refractivity contribution < 1.29 is 4.79 Å². The van der Waals surface area contributed by atoms with Gasteiger partial charge in [0, 0.05) is 15.8 Å². The normalized spacial score (nSPS) is 11.1. The molecular weight excluding hydrogens is 340 g/mol. The monoisotopic (exact) mass is 352 g/mol. The lowest BCUT2D eigenvalue weighted by molar-refractivity contribution is 0.103. The first-order chi connectivity index (χ1) is 11.6. The molecule has 24 heavy (non-hydrogen) atoms. The fourth-order valence-corrected chi connectivity index (χ4v) is 4.23. The number of anilines is 1. The summed E-state index contributed by atoms with van der Waals surface area (Å²) in [6.45, 7) is 1.88. The number of hydrogen-bond donors (Lipinski definition) is 1. The largest absolute Gasteiger partial charge is 0.306 e. The van der Waals surface area contributed by atoms with Gasteiger partial charge in [0.25, 0.3) is 5.91 Å². The molecule has 0 atom stereocenters. The van der Waals surface area contributed by atoms with E-state index in [1.807, 2.05) is 55.5 Å². The Hall–Kier alpha value is -2.43. The Morgan fingerprint density at radius 1 is 1.08 bits per heavy atom. The average Bonchev–Trinajstić information content (AvgIpc) is 2.92. The molecule has 4 aromatic rings. The summed E-state index contributed by atoms with van der Waals surface area (Å²) >= 11 is 7.96. The first-order valence-corrected chi connectivity index (χ1v) is 8.68. The third-order valence-electron chi connectivity index (χ3n) is 3.86. The molecule has 3 nitrogen and oxygen atoms in total. The molecule has 1 N–H and O–H groups in total. The standard InChI is InChI=1S/C19H13ClN2OS/c1-11-5-4-8-15(21-11)22-19(23)18-17(20)16-13-7-3-2-6-12(13)9-10-14(16)24-18/h2-10H,1H3,(H,21,22,23). The minimum atomic E-state index is -0.233. The van der Waals surface area contributed by atoms with Gasteiger partial charge >= 0.3 is 0 Å². The van der Waals surface area contributed by atoms with Crippen LogP contribution in [-0.2, 0) is 0 Å². The van der Waals surface area contributed by atoms with Gasteiger partial charge in [0.2, 0.25) is 0 Å². The first kappa shape index (κ1) is 15.1. The van der Waals surface area contributed by atoms with Gasteiger partial charge in [-0.05, 0) is 35.9 Å². The van der Waals surface area contributed by atoms with Crippen molar-refractivity contribution in [3.05, 3.63) is 70.2 Å². The van der Waals surface area contributed by atoms with Crippen LogP contribution >= 0.6 is 22.9 Å². The minimum absolute atomic E-state index is 0.233. The Morgan fingerprint density at radius 2 is 1.92 bits per heavy atom. The second kappa shape index (κ2) is 5.89. The van der Waals surface area contributed by atoms with Crippen molar-refractivity contribution in [1.82, 2.24) is 4.98 Å². The molecule has 0 unspecified atom stereocenters. The van der Waals surface area contributed by atoms with E-state index in [0.29, 0.717) is 15.7 Å². The second-order valence-corrected chi connectivity index (χ2v) is 6.95. The molecule has 0 radical (unpaired) electrons. The number of carbonyl (C=O) groups is 1. The third kappa shape index (κ3) is 2.54. The number of carbonyl (C=O) groups excluding carboxylic acids is 1. The topological polar surface area (TPSA) is 42.0 Å². The molecule has 0 fully saturated rings. The summed E-state index contributed by atoms with van der Waals surface area (Å²) in [5.74, 6) is 0.293. The molecule has 0 aliphatic rings. The fraction of sp³-hybridized carbons (Fsp3) is 0.0526. The molecule has 118 valence electrons. The van der Waals surface area contributed by atoms with Gasteiger partial charge < -0.3 is 5.32 Å². The van der Waals surface area contributed by atoms with Crippen LogP contribution in [0.1, 0.15) is 15.4 Å². The number of thiophene rings is 1. The SMILES string of the molecule is Cc1cccc(NC(=O)c2sc3ccc4ccccc4c3c2Cl)n1. The third-order valence-corrected chi connectivity index (χ3v) is 5.50. The van der Waals surface area contributed by atoms with Gasteiger partial charge in [-0.1, -0.05) is 48.0 Å². The highest BCUT2D eigenvalue weighted by Crippen LogP contribution is 2.39. The zero-order chi connectivity index (χ0) is 16.7. The second-order valence-electron chi connectivity index (χ2n) is 5.52. The van der Waals surface area contributed by atoms with E-state index >= 15 is 0 Å². The number of nitrogens with one attached hydrogen (secondary N) is 1. The van der Waals surface area contributed by atoms with Gasteiger partial charge in [-0.3, -0.25) is 4.79 Å². The van der Waals surface area contributed by atoms with Gasteiger partial charge in [0.05, 0.1) is 5.02 Å². The zero-order valence-electron chi connectivity index (χ0n) is 12.8. The number of hydrogen-bond acceptors (Lipinski definition) is 3. The Bertz CT molecular complexity index is 1090. The molecule has 0 bridgehead atoms. The number of amides is 1. The van der Waals surface area contributed by atoms with Crippen LogP contribution in [0.3, 0.4) is 0 Å². The summed E-state index contributed by atoms with van der Waals surface area (Å²) < 4.78 is 1.00. The molecule has 0 saturated carbocycles. The molecule has 2 aromatic carbocycles. The summed E-state index contributed by atoms with van der Waals surface area (Å²) in [6.07, 6.45) is 0. The van der Waals surface area contributed by atoms with Crippen molar-refractivity contribution in [2.24, 2.45) is 0 Å². The predicted molar refractivity (Wildman–Crippen MR) is 101 cm³/mol. The Morgan fingerprint density at radius 3 is 2.75 bits per heavy atom. The molecule has 2 aromatic heterocycles. The van der Waals surface area contributed by atoms with Crippen molar-refractivity contribution in [1.29, 1.82) is 0 Å². The number of aryl methyl sites for hydroxylation is 1. The number of nitrogens with zero attached hydrogens (tertiary/aromatic N) is 1. The van der Waals surface area contributed by atoms with Crippen LogP contribution in [0.5, 0.6) is 0 Å². The molecular formula is C19H13ClN2OS. The molecule has 5 heteroatoms. The molecule has 0 aliphatic heterocycles. The van der Waals surface area contributed by atoms with E-state index in [9.17, 15) is 4.79 Å². The highest BCUT2D eigenvalue weighted by atomic mass is 35.5. The summed E-state index contributed by atoms with van der Waals surface area (Å²) in [7, 11) is 0. The van der Waals surface area contributed by atoms with E-state index in [0.717, 1.165) is 26.6 Å². The van der Waals surface area contributed by atoms with Crippen molar-refractivity contribution in [2.45, 2.75) is 6.92 Å². The maximum atomic E-state index is 12.6. The highest BCUT2D eigenvalue weighted by Gasteiger charge is 2.19. The number of aromatic nitrogens is 1. The van der Waals surface area contributed by atoms with Gasteiger partial charge in [0.15, 0.2) is 0 Å². The molecule has 0 spiro atoms. The van der Waals surface area contributed by atoms with Crippen LogP contribution < -0.4 is 5.32 Å². The van der Waals surface area contributed by atoms with E-state index in [2.05, 4.69) is 10.3 Å². The van der Waals surface area contributed by atoms with E-state index in [1.54, 1.807) is 6.07 Å². The number of fused-ring (bicyclic) bond motifs is 3. The van der Waals surface area contributed by atoms with Gasteiger partial charge in [-0.25, -0.2) is 4.98 Å². The van der Waals surface area contributed by atoms with Gasteiger partial charge in [-0.15, -0.1) is 11.3 Å². The summed E-state index contributed by atoms with van der Waals surface area (Å²) in [4.78, 5) is 17.4. The number of halogens is 1. The summed E-state index contributed by atoms with van der Waals surface area (Å²) in [5, 5.41) is 6.42. The van der Waals surface area contributed by atoms with E-state index in [1.165, 1.54) is 11.3 Å². The van der Waals surface area contributed by atoms with Crippen LogP contribution in [0, 0.1) is 6.92 Å². The minimum Gasteiger partial charge on any atom is -0.306 e. The van der Waals surface area contributed by atoms with Gasteiger partial charge in [0.1, 0.15) is 10.7 Å². The van der Waals surface area contributed by atoms with Crippen LogP contribution in [0.4, 0.5) is 5.82 Å². The average molecular weight is 353 g/mol. The highest BCUT2D eigenvalue weighted by molar-refractivity contribution is 7.22. The smallest absolute Gasteiger partial charge is 0.268 e. The zero-order valence-corrected chi connectivity index (χ0v) is 14.4. The Kier molecular flexibility index (Phi) is 3.71. The van der Waals surface area contributed by atoms with Crippen LogP contribution in [0.25, 0.3) is 20.9 Å². The van der Waals surface area contributed by atoms with Crippen LogP contribution in [0.15, 0.2) is 54.6 Å². The quantitative estimate of drug-likeness (QED) is 0.505. The molecule has 4 rings (SSSR count). The van der Waals surface area contributed by atoms with E-state index in [4.69, 9.17) is 11.6 Å². The number of pyridine rings is 1. The first-order valence-electron chi connectivity index (χ1n) is 7.48. The lowest BCUT2D eigenvalue weighted by Gasteiger charge is -2.04. The molecule has 0 aliphatic carbocycles. The van der Waals surface area contributed by atoms with Gasteiger partial charge in [-0.2, -0.15) is 0 Å². The maximum Gasteiger partial charge on any atom is 0.268 e. The van der Waals surface area contributed by atoms with E-state index < -0.39 is 0 Å². The maximum absolute atomic E-state index is 12.6. The van der Waals surface area contributed by atoms with E-state index in [-0.39, 0.29) is 5.91 Å². The van der Waals surface area contributed by atoms with Crippen molar-refractivity contribution in [3.63, 3.8) is 0 Å². The van der Waals surface area contributed by atoms with Crippen molar-refractivity contribution in [3.8, 4) is 0 Å². The Balaban J connectivity index is 1.81. The van der Waals surface area contributed by atoms with Crippen molar-refractivity contribution in [2.75, 3.05) is 5.32 Å². The summed E-state index contributed by atoms with van der Waals surface area (Å²) in [5.41, 5.74) is 0.848. The fourth-order valence-electron chi connectivity index (χ4n) is 2.76. The molecule has 2 heterocycles. The lowest BCUT2D eigenvalue weighted by Crippen LogP contribution is -2.12. The number of benzene rings is 2.